The summed E-state index contributed by atoms with van der Waals surface area (Å²) < 4.78 is 6.07. The van der Waals surface area contributed by atoms with Gasteiger partial charge in [0.05, 0.1) is 24.6 Å². The van der Waals surface area contributed by atoms with E-state index in [-0.39, 0.29) is 76.8 Å². The number of hydrogen-bond donors (Lipinski definition) is 2. The average Bonchev–Trinajstić information content (AvgIpc) is 3.59. The summed E-state index contributed by atoms with van der Waals surface area (Å²) in [6.07, 6.45) is 2.61. The first-order chi connectivity index (χ1) is 24.9. The molecule has 11 nitrogen and oxygen atoms in total. The smallest absolute Gasteiger partial charge is 0.245 e. The van der Waals surface area contributed by atoms with E-state index in [4.69, 9.17) is 4.74 Å². The summed E-state index contributed by atoms with van der Waals surface area (Å²) in [6.45, 7) is 17.2. The maximum atomic E-state index is 14.3. The van der Waals surface area contributed by atoms with Crippen LogP contribution in [0.4, 0.5) is 0 Å². The summed E-state index contributed by atoms with van der Waals surface area (Å²) in [4.78, 5) is 63.1. The van der Waals surface area contributed by atoms with Gasteiger partial charge in [0.2, 0.25) is 23.6 Å². The summed E-state index contributed by atoms with van der Waals surface area (Å²) in [7, 11) is 8.92. The summed E-state index contributed by atoms with van der Waals surface area (Å²) in [5.41, 5.74) is 0.966. The molecule has 0 aliphatic carbocycles. The van der Waals surface area contributed by atoms with Gasteiger partial charge in [-0.15, -0.1) is 0 Å². The van der Waals surface area contributed by atoms with Crippen LogP contribution in [-0.4, -0.2) is 138 Å². The number of likely N-dealkylation sites (N-methyl/N-ethyl adjacent to an activating group) is 3. The molecule has 0 spiro atoms. The number of amides is 4. The minimum atomic E-state index is -0.736. The Bertz CT molecular complexity index is 1320. The first-order valence-electron chi connectivity index (χ1n) is 19.6. The normalized spacial score (nSPS) is 18.7. The Balaban J connectivity index is 2.27. The van der Waals surface area contributed by atoms with Gasteiger partial charge >= 0.3 is 0 Å². The number of nitrogens with zero attached hydrogens (tertiary/aromatic N) is 4. The molecule has 8 atom stereocenters. The number of benzene rings is 1. The SMILES string of the molecule is CCSC(C(C)C(=O)N(C)CCc1cccc(O)c1)C1CCCN1C(=O)CC(OC)C(C(C)CC)N(C)C(=O)C(NC(=O)C(C(C)C)N(C)C)C(C)C. The van der Waals surface area contributed by atoms with E-state index in [9.17, 15) is 24.3 Å². The predicted octanol–water partition coefficient (Wildman–Crippen LogP) is 5.15. The lowest BCUT2D eigenvalue weighted by molar-refractivity contribution is -0.146. The van der Waals surface area contributed by atoms with Crippen molar-refractivity contribution in [1.29, 1.82) is 0 Å². The van der Waals surface area contributed by atoms with Crippen LogP contribution in [0.5, 0.6) is 5.75 Å². The maximum Gasteiger partial charge on any atom is 0.245 e. The molecule has 1 aliphatic heterocycles. The molecule has 0 aromatic heterocycles. The molecule has 1 heterocycles. The molecule has 53 heavy (non-hydrogen) atoms. The molecule has 0 saturated carbocycles. The topological polar surface area (TPSA) is 123 Å². The van der Waals surface area contributed by atoms with Gasteiger partial charge < -0.3 is 29.9 Å². The summed E-state index contributed by atoms with van der Waals surface area (Å²) in [5, 5.41) is 12.8. The summed E-state index contributed by atoms with van der Waals surface area (Å²) in [5.74, 6) is 0.260. The molecule has 2 N–H and O–H groups in total. The van der Waals surface area contributed by atoms with Crippen molar-refractivity contribution in [3.63, 3.8) is 0 Å². The Hall–Kier alpha value is -2.83. The minimum absolute atomic E-state index is 0.0150. The maximum absolute atomic E-state index is 14.3. The van der Waals surface area contributed by atoms with E-state index >= 15 is 0 Å². The van der Waals surface area contributed by atoms with Crippen LogP contribution in [0, 0.1) is 23.7 Å². The van der Waals surface area contributed by atoms with E-state index in [2.05, 4.69) is 26.1 Å². The average molecular weight is 762 g/mol. The predicted molar refractivity (Wildman–Crippen MR) is 216 cm³/mol. The van der Waals surface area contributed by atoms with E-state index in [1.54, 1.807) is 53.9 Å². The quantitative estimate of drug-likeness (QED) is 0.177. The highest BCUT2D eigenvalue weighted by Gasteiger charge is 2.43. The molecule has 1 aliphatic rings. The zero-order valence-electron chi connectivity index (χ0n) is 34.9. The molecule has 1 aromatic rings. The fraction of sp³-hybridized carbons (Fsp3) is 0.756. The van der Waals surface area contributed by atoms with Gasteiger partial charge in [0.15, 0.2) is 0 Å². The molecule has 12 heteroatoms. The van der Waals surface area contributed by atoms with Crippen molar-refractivity contribution in [2.75, 3.05) is 54.1 Å². The zero-order chi connectivity index (χ0) is 40.2. The highest BCUT2D eigenvalue weighted by atomic mass is 32.2. The van der Waals surface area contributed by atoms with Gasteiger partial charge in [-0.1, -0.05) is 73.9 Å². The van der Waals surface area contributed by atoms with Crippen LogP contribution in [0.1, 0.15) is 86.6 Å². The molecule has 4 amide bonds. The third kappa shape index (κ3) is 12.6. The monoisotopic (exact) mass is 762 g/mol. The Kier molecular flexibility index (Phi) is 19.1. The molecule has 8 unspecified atom stereocenters. The summed E-state index contributed by atoms with van der Waals surface area (Å²) in [6, 6.07) is 5.49. The van der Waals surface area contributed by atoms with Crippen LogP contribution in [0.3, 0.4) is 0 Å². The fourth-order valence-corrected chi connectivity index (χ4v) is 9.25. The van der Waals surface area contributed by atoms with Gasteiger partial charge in [0.25, 0.3) is 0 Å². The number of ether oxygens (including phenoxy) is 1. The van der Waals surface area contributed by atoms with Crippen LogP contribution in [0.15, 0.2) is 24.3 Å². The number of carbonyl (C=O) groups is 4. The number of likely N-dealkylation sites (tertiary alicyclic amines) is 1. The second-order valence-electron chi connectivity index (χ2n) is 15.9. The van der Waals surface area contributed by atoms with E-state index < -0.39 is 18.2 Å². The van der Waals surface area contributed by atoms with Crippen LogP contribution in [0.25, 0.3) is 0 Å². The molecule has 1 fully saturated rings. The first kappa shape index (κ1) is 46.3. The van der Waals surface area contributed by atoms with Crippen molar-refractivity contribution < 1.29 is 29.0 Å². The van der Waals surface area contributed by atoms with Gasteiger partial charge in [-0.05, 0) is 74.6 Å². The van der Waals surface area contributed by atoms with E-state index in [0.29, 0.717) is 19.5 Å². The molecule has 1 saturated heterocycles. The number of phenolic OH excluding ortho intramolecular Hbond substituents is 1. The Morgan fingerprint density at radius 2 is 1.66 bits per heavy atom. The van der Waals surface area contributed by atoms with E-state index in [0.717, 1.165) is 30.6 Å². The second-order valence-corrected chi connectivity index (χ2v) is 17.3. The van der Waals surface area contributed by atoms with Crippen molar-refractivity contribution in [2.45, 2.75) is 123 Å². The Morgan fingerprint density at radius 3 is 2.19 bits per heavy atom. The van der Waals surface area contributed by atoms with Crippen molar-refractivity contribution in [3.8, 4) is 5.75 Å². The van der Waals surface area contributed by atoms with Crippen LogP contribution in [0.2, 0.25) is 0 Å². The number of aromatic hydroxyl groups is 1. The standard InChI is InChI=1S/C41H71N5O6S/c1-14-28(7)37(45(12)41(51)35(26(3)4)42-39(49)36(27(5)6)43(9)10)33(52-13)25-34(48)46-22-17-20-32(46)38(53-15-2)29(8)40(50)44(11)23-21-30-18-16-19-31(47)24-30/h16,18-19,24,26-29,32-33,35-38,47H,14-15,17,20-23,25H2,1-13H3,(H,42,49). The number of thioether (sulfide) groups is 1. The molecule has 302 valence electrons. The molecule has 0 radical (unpaired) electrons. The van der Waals surface area contributed by atoms with E-state index in [1.165, 1.54) is 0 Å². The van der Waals surface area contributed by atoms with Crippen LogP contribution < -0.4 is 5.32 Å². The molecular weight excluding hydrogens is 691 g/mol. The van der Waals surface area contributed by atoms with Crippen LogP contribution in [-0.2, 0) is 30.3 Å². The van der Waals surface area contributed by atoms with Crippen LogP contribution >= 0.6 is 11.8 Å². The molecule has 1 aromatic carbocycles. The second kappa shape index (κ2) is 21.9. The largest absolute Gasteiger partial charge is 0.508 e. The third-order valence-electron chi connectivity index (χ3n) is 11.0. The number of carbonyl (C=O) groups excluding carboxylic acids is 4. The lowest BCUT2D eigenvalue weighted by Crippen LogP contribution is -2.59. The van der Waals surface area contributed by atoms with Gasteiger partial charge in [0.1, 0.15) is 11.8 Å². The number of methoxy groups -OCH3 is 1. The summed E-state index contributed by atoms with van der Waals surface area (Å²) >= 11 is 1.73. The highest BCUT2D eigenvalue weighted by molar-refractivity contribution is 7.99. The Labute approximate surface area is 324 Å². The van der Waals surface area contributed by atoms with Gasteiger partial charge in [0, 0.05) is 51.5 Å². The van der Waals surface area contributed by atoms with E-state index in [1.807, 2.05) is 71.6 Å². The van der Waals surface area contributed by atoms with Crippen molar-refractivity contribution in [2.24, 2.45) is 23.7 Å². The van der Waals surface area contributed by atoms with Crippen molar-refractivity contribution >= 4 is 35.4 Å². The van der Waals surface area contributed by atoms with Gasteiger partial charge in [-0.25, -0.2) is 0 Å². The lowest BCUT2D eigenvalue weighted by atomic mass is 9.89. The van der Waals surface area contributed by atoms with Crippen molar-refractivity contribution in [3.05, 3.63) is 29.8 Å². The third-order valence-corrected chi connectivity index (χ3v) is 12.5. The fourth-order valence-electron chi connectivity index (χ4n) is 7.96. The number of hydrogen-bond acceptors (Lipinski definition) is 8. The molecular formula is C41H71N5O6S. The number of rotatable bonds is 21. The number of nitrogens with one attached hydrogen (secondary N) is 1. The molecule has 2 rings (SSSR count). The minimum Gasteiger partial charge on any atom is -0.508 e. The zero-order valence-corrected chi connectivity index (χ0v) is 35.7. The first-order valence-corrected chi connectivity index (χ1v) is 20.7. The van der Waals surface area contributed by atoms with Gasteiger partial charge in [-0.2, -0.15) is 11.8 Å². The lowest BCUT2D eigenvalue weighted by Gasteiger charge is -2.41. The Morgan fingerprint density at radius 1 is 1.00 bits per heavy atom. The number of phenols is 1. The molecule has 0 bridgehead atoms. The van der Waals surface area contributed by atoms with Gasteiger partial charge in [-0.3, -0.25) is 24.1 Å². The van der Waals surface area contributed by atoms with Crippen molar-refractivity contribution in [1.82, 2.24) is 24.9 Å². The highest BCUT2D eigenvalue weighted by Crippen LogP contribution is 2.35.